The van der Waals surface area contributed by atoms with E-state index in [2.05, 4.69) is 10.9 Å². The first kappa shape index (κ1) is 14.6. The Kier molecular flexibility index (Phi) is 4.27. The number of furan rings is 1. The molecule has 0 aliphatic carbocycles. The van der Waals surface area contributed by atoms with Crippen molar-refractivity contribution >= 4 is 11.8 Å². The van der Waals surface area contributed by atoms with E-state index in [0.717, 1.165) is 0 Å². The van der Waals surface area contributed by atoms with Crippen molar-refractivity contribution in [3.05, 3.63) is 53.0 Å². The highest BCUT2D eigenvalue weighted by molar-refractivity contribution is 5.99. The molecule has 1 aromatic carbocycles. The summed E-state index contributed by atoms with van der Waals surface area (Å²) >= 11 is 0. The SMILES string of the molecule is COc1ccc(C(=O)NNC(=O)c2cc(C)oc2C)cc1. The summed E-state index contributed by atoms with van der Waals surface area (Å²) in [5.74, 6) is 0.956. The van der Waals surface area contributed by atoms with Crippen LogP contribution in [0.2, 0.25) is 0 Å². The van der Waals surface area contributed by atoms with Gasteiger partial charge in [-0.3, -0.25) is 20.4 Å². The van der Waals surface area contributed by atoms with Gasteiger partial charge in [0.2, 0.25) is 0 Å². The van der Waals surface area contributed by atoms with Crippen LogP contribution in [0.1, 0.15) is 32.2 Å². The predicted molar refractivity (Wildman–Crippen MR) is 76.1 cm³/mol. The largest absolute Gasteiger partial charge is 0.497 e. The minimum Gasteiger partial charge on any atom is -0.497 e. The molecular formula is C15H16N2O4. The number of carbonyl (C=O) groups excluding carboxylic acids is 2. The molecule has 0 aliphatic heterocycles. The average molecular weight is 288 g/mol. The van der Waals surface area contributed by atoms with Crippen LogP contribution < -0.4 is 15.6 Å². The van der Waals surface area contributed by atoms with Crippen molar-refractivity contribution in [3.63, 3.8) is 0 Å². The maximum atomic E-state index is 11.9. The maximum absolute atomic E-state index is 11.9. The van der Waals surface area contributed by atoms with E-state index in [1.165, 1.54) is 0 Å². The zero-order chi connectivity index (χ0) is 15.4. The second-order valence-corrected chi connectivity index (χ2v) is 4.46. The van der Waals surface area contributed by atoms with Crippen LogP contribution in [0.3, 0.4) is 0 Å². The van der Waals surface area contributed by atoms with Crippen LogP contribution in [0.4, 0.5) is 0 Å². The van der Waals surface area contributed by atoms with E-state index in [1.807, 2.05) is 0 Å². The number of methoxy groups -OCH3 is 1. The lowest BCUT2D eigenvalue weighted by Gasteiger charge is -2.07. The van der Waals surface area contributed by atoms with Crippen LogP contribution >= 0.6 is 0 Å². The number of benzene rings is 1. The van der Waals surface area contributed by atoms with Gasteiger partial charge in [0.1, 0.15) is 17.3 Å². The Morgan fingerprint density at radius 1 is 1.05 bits per heavy atom. The number of hydrazine groups is 1. The fraction of sp³-hybridized carbons (Fsp3) is 0.200. The predicted octanol–water partition coefficient (Wildman–Crippen LogP) is 1.98. The quantitative estimate of drug-likeness (QED) is 0.846. The highest BCUT2D eigenvalue weighted by Gasteiger charge is 2.14. The molecule has 21 heavy (non-hydrogen) atoms. The molecule has 0 unspecified atom stereocenters. The summed E-state index contributed by atoms with van der Waals surface area (Å²) < 4.78 is 10.3. The highest BCUT2D eigenvalue weighted by Crippen LogP contribution is 2.13. The van der Waals surface area contributed by atoms with Crippen molar-refractivity contribution in [2.45, 2.75) is 13.8 Å². The molecule has 2 aromatic rings. The van der Waals surface area contributed by atoms with Crippen LogP contribution in [-0.4, -0.2) is 18.9 Å². The summed E-state index contributed by atoms with van der Waals surface area (Å²) in [5, 5.41) is 0. The summed E-state index contributed by atoms with van der Waals surface area (Å²) in [6.07, 6.45) is 0. The number of nitrogens with one attached hydrogen (secondary N) is 2. The standard InChI is InChI=1S/C15H16N2O4/c1-9-8-13(10(2)21-9)15(19)17-16-14(18)11-4-6-12(20-3)7-5-11/h4-8H,1-3H3,(H,16,18)(H,17,19). The molecule has 0 aliphatic rings. The van der Waals surface area contributed by atoms with E-state index in [4.69, 9.17) is 9.15 Å². The van der Waals surface area contributed by atoms with E-state index in [-0.39, 0.29) is 0 Å². The van der Waals surface area contributed by atoms with Gasteiger partial charge in [-0.2, -0.15) is 0 Å². The van der Waals surface area contributed by atoms with Crippen LogP contribution in [0.15, 0.2) is 34.7 Å². The third-order valence-electron chi connectivity index (χ3n) is 2.93. The topological polar surface area (TPSA) is 80.6 Å². The highest BCUT2D eigenvalue weighted by atomic mass is 16.5. The van der Waals surface area contributed by atoms with Crippen LogP contribution in [-0.2, 0) is 0 Å². The van der Waals surface area contributed by atoms with Gasteiger partial charge in [-0.25, -0.2) is 0 Å². The Hall–Kier alpha value is -2.76. The Balaban J connectivity index is 1.97. The molecule has 6 heteroatoms. The first-order valence-electron chi connectivity index (χ1n) is 6.33. The van der Waals surface area contributed by atoms with E-state index in [1.54, 1.807) is 51.3 Å². The molecule has 1 heterocycles. The van der Waals surface area contributed by atoms with Crippen LogP contribution in [0.5, 0.6) is 5.75 Å². The number of ether oxygens (including phenoxy) is 1. The molecule has 2 rings (SSSR count). The van der Waals surface area contributed by atoms with Crippen molar-refractivity contribution in [2.75, 3.05) is 7.11 Å². The molecule has 0 atom stereocenters. The Morgan fingerprint density at radius 3 is 2.19 bits per heavy atom. The summed E-state index contributed by atoms with van der Waals surface area (Å²) in [6.45, 7) is 3.44. The molecule has 6 nitrogen and oxygen atoms in total. The lowest BCUT2D eigenvalue weighted by molar-refractivity contribution is 0.0845. The summed E-state index contributed by atoms with van der Waals surface area (Å²) in [7, 11) is 1.55. The van der Waals surface area contributed by atoms with Crippen molar-refractivity contribution in [1.29, 1.82) is 0 Å². The molecule has 0 radical (unpaired) electrons. The van der Waals surface area contributed by atoms with Crippen molar-refractivity contribution in [2.24, 2.45) is 0 Å². The zero-order valence-electron chi connectivity index (χ0n) is 12.0. The minimum atomic E-state index is -0.425. The fourth-order valence-corrected chi connectivity index (χ4v) is 1.85. The maximum Gasteiger partial charge on any atom is 0.273 e. The van der Waals surface area contributed by atoms with Gasteiger partial charge in [0.05, 0.1) is 12.7 Å². The molecule has 110 valence electrons. The van der Waals surface area contributed by atoms with E-state index in [0.29, 0.717) is 28.4 Å². The number of amides is 2. The number of hydrogen-bond acceptors (Lipinski definition) is 4. The molecule has 0 fully saturated rings. The number of aryl methyl sites for hydroxylation is 2. The number of rotatable bonds is 3. The summed E-state index contributed by atoms with van der Waals surface area (Å²) in [6, 6.07) is 8.16. The Labute approximate surface area is 122 Å². The van der Waals surface area contributed by atoms with Gasteiger partial charge >= 0.3 is 0 Å². The number of hydrogen-bond donors (Lipinski definition) is 2. The molecule has 0 saturated carbocycles. The third kappa shape index (κ3) is 3.42. The smallest absolute Gasteiger partial charge is 0.273 e. The van der Waals surface area contributed by atoms with Crippen LogP contribution in [0.25, 0.3) is 0 Å². The average Bonchev–Trinajstić information content (AvgIpc) is 2.83. The molecule has 0 bridgehead atoms. The van der Waals surface area contributed by atoms with Crippen molar-refractivity contribution < 1.29 is 18.7 Å². The molecule has 0 saturated heterocycles. The second-order valence-electron chi connectivity index (χ2n) is 4.46. The third-order valence-corrected chi connectivity index (χ3v) is 2.93. The van der Waals surface area contributed by atoms with E-state index < -0.39 is 11.8 Å². The molecule has 2 N–H and O–H groups in total. The lowest BCUT2D eigenvalue weighted by Crippen LogP contribution is -2.41. The molecule has 2 amide bonds. The first-order chi connectivity index (χ1) is 10.0. The summed E-state index contributed by atoms with van der Waals surface area (Å²) in [4.78, 5) is 23.8. The Morgan fingerprint density at radius 2 is 1.67 bits per heavy atom. The zero-order valence-corrected chi connectivity index (χ0v) is 12.0. The monoisotopic (exact) mass is 288 g/mol. The normalized spacial score (nSPS) is 10.0. The van der Waals surface area contributed by atoms with Gasteiger partial charge in [-0.05, 0) is 44.2 Å². The second kappa shape index (κ2) is 6.13. The molecule has 1 aromatic heterocycles. The van der Waals surface area contributed by atoms with Crippen molar-refractivity contribution in [3.8, 4) is 5.75 Å². The first-order valence-corrected chi connectivity index (χ1v) is 6.33. The van der Waals surface area contributed by atoms with Crippen molar-refractivity contribution in [1.82, 2.24) is 10.9 Å². The van der Waals surface area contributed by atoms with Gasteiger partial charge in [0.25, 0.3) is 11.8 Å². The fourth-order valence-electron chi connectivity index (χ4n) is 1.85. The van der Waals surface area contributed by atoms with Gasteiger partial charge < -0.3 is 9.15 Å². The minimum absolute atomic E-state index is 0.391. The lowest BCUT2D eigenvalue weighted by atomic mass is 10.2. The Bertz CT molecular complexity index is 659. The number of carbonyl (C=O) groups is 2. The molecular weight excluding hydrogens is 272 g/mol. The van der Waals surface area contributed by atoms with Gasteiger partial charge in [0.15, 0.2) is 0 Å². The van der Waals surface area contributed by atoms with Gasteiger partial charge in [0, 0.05) is 5.56 Å². The van der Waals surface area contributed by atoms with Gasteiger partial charge in [-0.1, -0.05) is 0 Å². The van der Waals surface area contributed by atoms with Gasteiger partial charge in [-0.15, -0.1) is 0 Å². The van der Waals surface area contributed by atoms with E-state index in [9.17, 15) is 9.59 Å². The van der Waals surface area contributed by atoms with Crippen LogP contribution in [0, 0.1) is 13.8 Å². The van der Waals surface area contributed by atoms with E-state index >= 15 is 0 Å². The molecule has 0 spiro atoms. The summed E-state index contributed by atoms with van der Waals surface area (Å²) in [5.41, 5.74) is 5.50.